The summed E-state index contributed by atoms with van der Waals surface area (Å²) in [5.41, 5.74) is 5.88. The maximum absolute atomic E-state index is 4.83. The normalized spacial score (nSPS) is 11.1. The van der Waals surface area contributed by atoms with Gasteiger partial charge in [-0.05, 0) is 43.7 Å². The Balaban J connectivity index is 1.95. The highest BCUT2D eigenvalue weighted by atomic mass is 15.1. The van der Waals surface area contributed by atoms with Crippen LogP contribution in [0.2, 0.25) is 0 Å². The van der Waals surface area contributed by atoms with Crippen LogP contribution in [-0.2, 0) is 0 Å². The van der Waals surface area contributed by atoms with E-state index in [2.05, 4.69) is 91.5 Å². The average molecular weight is 326 g/mol. The van der Waals surface area contributed by atoms with E-state index in [4.69, 9.17) is 4.98 Å². The zero-order valence-electron chi connectivity index (χ0n) is 14.7. The Labute approximate surface area is 148 Å². The molecule has 0 atom stereocenters. The fourth-order valence-electron chi connectivity index (χ4n) is 3.58. The number of para-hydroxylation sites is 2. The second-order valence-corrected chi connectivity index (χ2v) is 6.24. The van der Waals surface area contributed by atoms with E-state index in [9.17, 15) is 0 Å². The van der Waals surface area contributed by atoms with Crippen molar-refractivity contribution in [2.45, 2.75) is 13.8 Å². The van der Waals surface area contributed by atoms with Crippen molar-refractivity contribution < 1.29 is 0 Å². The third kappa shape index (κ3) is 2.74. The lowest BCUT2D eigenvalue weighted by Gasteiger charge is -2.21. The molecule has 124 valence electrons. The maximum Gasteiger partial charge on any atom is 0.0715 e. The number of nitrogens with zero attached hydrogens (tertiary/aromatic N) is 2. The smallest absolute Gasteiger partial charge is 0.0715 e. The SMILES string of the molecule is CCN(CC)c1ccc(-c2c3ccccc3nc3ccccc23)cc1. The van der Waals surface area contributed by atoms with E-state index < -0.39 is 0 Å². The molecule has 0 unspecified atom stereocenters. The topological polar surface area (TPSA) is 16.1 Å². The highest BCUT2D eigenvalue weighted by Crippen LogP contribution is 2.35. The summed E-state index contributed by atoms with van der Waals surface area (Å²) >= 11 is 0. The number of hydrogen-bond acceptors (Lipinski definition) is 2. The number of aromatic nitrogens is 1. The van der Waals surface area contributed by atoms with Crippen LogP contribution in [-0.4, -0.2) is 18.1 Å². The monoisotopic (exact) mass is 326 g/mol. The van der Waals surface area contributed by atoms with Gasteiger partial charge in [-0.15, -0.1) is 0 Å². The number of hydrogen-bond donors (Lipinski definition) is 0. The number of fused-ring (bicyclic) bond motifs is 2. The fraction of sp³-hybridized carbons (Fsp3) is 0.174. The molecule has 1 heterocycles. The minimum Gasteiger partial charge on any atom is -0.372 e. The minimum atomic E-state index is 1.02. The van der Waals surface area contributed by atoms with Crippen molar-refractivity contribution in [3.63, 3.8) is 0 Å². The van der Waals surface area contributed by atoms with Gasteiger partial charge in [0.05, 0.1) is 11.0 Å². The summed E-state index contributed by atoms with van der Waals surface area (Å²) in [7, 11) is 0. The Kier molecular flexibility index (Phi) is 4.10. The zero-order valence-corrected chi connectivity index (χ0v) is 14.7. The van der Waals surface area contributed by atoms with Crippen LogP contribution < -0.4 is 4.90 Å². The summed E-state index contributed by atoms with van der Waals surface area (Å²) < 4.78 is 0. The first-order valence-electron chi connectivity index (χ1n) is 8.94. The van der Waals surface area contributed by atoms with Crippen molar-refractivity contribution in [3.8, 4) is 11.1 Å². The lowest BCUT2D eigenvalue weighted by atomic mass is 9.96. The molecule has 1 aromatic heterocycles. The zero-order chi connectivity index (χ0) is 17.2. The molecule has 0 saturated carbocycles. The summed E-state index contributed by atoms with van der Waals surface area (Å²) in [6, 6.07) is 25.7. The van der Waals surface area contributed by atoms with E-state index in [0.717, 1.165) is 24.1 Å². The first kappa shape index (κ1) is 15.6. The highest BCUT2D eigenvalue weighted by Gasteiger charge is 2.11. The van der Waals surface area contributed by atoms with Gasteiger partial charge in [-0.25, -0.2) is 4.98 Å². The Morgan fingerprint density at radius 3 is 1.72 bits per heavy atom. The van der Waals surface area contributed by atoms with E-state index in [1.165, 1.54) is 27.6 Å². The number of anilines is 1. The molecule has 25 heavy (non-hydrogen) atoms. The molecule has 2 heteroatoms. The van der Waals surface area contributed by atoms with Gasteiger partial charge in [0.15, 0.2) is 0 Å². The molecule has 0 aliphatic rings. The number of benzene rings is 3. The molecule has 0 amide bonds. The Morgan fingerprint density at radius 1 is 0.680 bits per heavy atom. The average Bonchev–Trinajstić information content (AvgIpc) is 2.68. The van der Waals surface area contributed by atoms with Crippen molar-refractivity contribution in [1.29, 1.82) is 0 Å². The van der Waals surface area contributed by atoms with Crippen LogP contribution in [0.15, 0.2) is 72.8 Å². The van der Waals surface area contributed by atoms with Gasteiger partial charge in [-0.3, -0.25) is 0 Å². The summed E-state index contributed by atoms with van der Waals surface area (Å²) in [6.45, 7) is 6.44. The van der Waals surface area contributed by atoms with E-state index in [1.54, 1.807) is 0 Å². The largest absolute Gasteiger partial charge is 0.372 e. The van der Waals surface area contributed by atoms with Crippen molar-refractivity contribution in [2.75, 3.05) is 18.0 Å². The quantitative estimate of drug-likeness (QED) is 0.434. The summed E-state index contributed by atoms with van der Waals surface area (Å²) in [5.74, 6) is 0. The van der Waals surface area contributed by atoms with E-state index in [-0.39, 0.29) is 0 Å². The molecule has 0 fully saturated rings. The van der Waals surface area contributed by atoms with Crippen molar-refractivity contribution >= 4 is 27.5 Å². The number of pyridine rings is 1. The van der Waals surface area contributed by atoms with E-state index >= 15 is 0 Å². The summed E-state index contributed by atoms with van der Waals surface area (Å²) in [6.07, 6.45) is 0. The lowest BCUT2D eigenvalue weighted by Crippen LogP contribution is -2.21. The van der Waals surface area contributed by atoms with Gasteiger partial charge >= 0.3 is 0 Å². The highest BCUT2D eigenvalue weighted by molar-refractivity contribution is 6.09. The predicted molar refractivity (Wildman–Crippen MR) is 108 cm³/mol. The van der Waals surface area contributed by atoms with Gasteiger partial charge < -0.3 is 4.90 Å². The first-order chi connectivity index (χ1) is 12.3. The predicted octanol–water partition coefficient (Wildman–Crippen LogP) is 5.90. The molecule has 0 N–H and O–H groups in total. The first-order valence-corrected chi connectivity index (χ1v) is 8.94. The third-order valence-corrected chi connectivity index (χ3v) is 4.87. The van der Waals surface area contributed by atoms with Crippen LogP contribution in [0.3, 0.4) is 0 Å². The minimum absolute atomic E-state index is 1.02. The molecular weight excluding hydrogens is 304 g/mol. The second kappa shape index (κ2) is 6.56. The molecule has 0 aliphatic carbocycles. The lowest BCUT2D eigenvalue weighted by molar-refractivity contribution is 0.866. The molecule has 0 bridgehead atoms. The maximum atomic E-state index is 4.83. The Hall–Kier alpha value is -2.87. The van der Waals surface area contributed by atoms with Crippen molar-refractivity contribution in [2.24, 2.45) is 0 Å². The van der Waals surface area contributed by atoms with Crippen molar-refractivity contribution in [1.82, 2.24) is 4.98 Å². The van der Waals surface area contributed by atoms with Gasteiger partial charge in [0.25, 0.3) is 0 Å². The molecule has 0 saturated heterocycles. The van der Waals surface area contributed by atoms with Gasteiger partial charge in [-0.1, -0.05) is 48.5 Å². The molecule has 2 nitrogen and oxygen atoms in total. The van der Waals surface area contributed by atoms with Gasteiger partial charge in [0.1, 0.15) is 0 Å². The van der Waals surface area contributed by atoms with Crippen LogP contribution in [0.4, 0.5) is 5.69 Å². The molecule has 4 rings (SSSR count). The third-order valence-electron chi connectivity index (χ3n) is 4.87. The summed E-state index contributed by atoms with van der Waals surface area (Å²) in [5, 5.41) is 2.41. The van der Waals surface area contributed by atoms with Crippen LogP contribution >= 0.6 is 0 Å². The van der Waals surface area contributed by atoms with Gasteiger partial charge in [-0.2, -0.15) is 0 Å². The van der Waals surface area contributed by atoms with Crippen LogP contribution in [0.5, 0.6) is 0 Å². The van der Waals surface area contributed by atoms with E-state index in [1.807, 2.05) is 0 Å². The summed E-state index contributed by atoms with van der Waals surface area (Å²) in [4.78, 5) is 7.20. The van der Waals surface area contributed by atoms with E-state index in [0.29, 0.717) is 0 Å². The van der Waals surface area contributed by atoms with Crippen molar-refractivity contribution in [3.05, 3.63) is 72.8 Å². The molecule has 0 radical (unpaired) electrons. The second-order valence-electron chi connectivity index (χ2n) is 6.24. The molecule has 4 aromatic rings. The molecule has 0 aliphatic heterocycles. The Bertz CT molecular complexity index is 961. The van der Waals surface area contributed by atoms with Crippen LogP contribution in [0.1, 0.15) is 13.8 Å². The molecular formula is C23H22N2. The number of rotatable bonds is 4. The van der Waals surface area contributed by atoms with Crippen LogP contribution in [0.25, 0.3) is 32.9 Å². The molecule has 3 aromatic carbocycles. The Morgan fingerprint density at radius 2 is 1.20 bits per heavy atom. The standard InChI is InChI=1S/C23H22N2/c1-3-25(4-2)18-15-13-17(14-16-18)23-19-9-5-7-11-21(19)24-22-12-8-6-10-20(22)23/h5-16H,3-4H2,1-2H3. The van der Waals surface area contributed by atoms with Crippen LogP contribution in [0, 0.1) is 0 Å². The van der Waals surface area contributed by atoms with Gasteiger partial charge in [0.2, 0.25) is 0 Å². The molecule has 0 spiro atoms. The fourth-order valence-corrected chi connectivity index (χ4v) is 3.58. The van der Waals surface area contributed by atoms with Gasteiger partial charge in [0, 0.05) is 35.1 Å².